The average Bonchev–Trinajstić information content (AvgIpc) is 3.24. The Morgan fingerprint density at radius 3 is 1.73 bits per heavy atom. The molecule has 0 aromatic heterocycles. The summed E-state index contributed by atoms with van der Waals surface area (Å²) >= 11 is 0. The lowest BCUT2D eigenvalue weighted by molar-refractivity contribution is 0.0544. The van der Waals surface area contributed by atoms with Crippen LogP contribution in [0.2, 0.25) is 0 Å². The van der Waals surface area contributed by atoms with Crippen LogP contribution in [0, 0.1) is 0 Å². The summed E-state index contributed by atoms with van der Waals surface area (Å²) in [4.78, 5) is 0. The fraction of sp³-hybridized carbons (Fsp3) is 0.319. The number of unbranched alkanes of at least 4 members (excludes halogenated alkanes) is 2. The zero-order chi connectivity index (χ0) is 40.0. The Hall–Kier alpha value is -5.64. The third-order valence-electron chi connectivity index (χ3n) is 8.73. The molecular formula is C47H56O9. The van der Waals surface area contributed by atoms with E-state index in [1.165, 1.54) is 0 Å². The van der Waals surface area contributed by atoms with Gasteiger partial charge in [0.05, 0.1) is 67.0 Å². The van der Waals surface area contributed by atoms with E-state index >= 15 is 0 Å². The summed E-state index contributed by atoms with van der Waals surface area (Å²) in [6.45, 7) is 10.4. The molecule has 0 fully saturated rings. The summed E-state index contributed by atoms with van der Waals surface area (Å²) < 4.78 is 53.0. The molecule has 0 spiro atoms. The Balaban J connectivity index is 1.84. The maximum atomic E-state index is 6.52. The monoisotopic (exact) mass is 764 g/mol. The fourth-order valence-corrected chi connectivity index (χ4v) is 5.74. The summed E-state index contributed by atoms with van der Waals surface area (Å²) in [5.74, 6) is 4.70. The number of hydrogen-bond acceptors (Lipinski definition) is 9. The van der Waals surface area contributed by atoms with Crippen LogP contribution in [0.25, 0.3) is 35.4 Å². The minimum atomic E-state index is 0.336. The maximum Gasteiger partial charge on any atom is 0.172 e. The molecule has 0 aliphatic carbocycles. The molecular weight excluding hydrogens is 709 g/mol. The Morgan fingerprint density at radius 1 is 0.500 bits per heavy atom. The number of rotatable bonds is 26. The van der Waals surface area contributed by atoms with Crippen LogP contribution in [0.15, 0.2) is 92.0 Å². The second-order valence-corrected chi connectivity index (χ2v) is 12.5. The molecule has 0 N–H and O–H groups in total. The van der Waals surface area contributed by atoms with Crippen LogP contribution in [-0.4, -0.2) is 75.2 Å². The smallest absolute Gasteiger partial charge is 0.172 e. The number of ether oxygens (including phenoxy) is 9. The highest BCUT2D eigenvalue weighted by Crippen LogP contribution is 2.44. The molecule has 0 heterocycles. The second kappa shape index (κ2) is 24.0. The minimum Gasteiger partial charge on any atom is -0.497 e. The number of allylic oxidation sites excluding steroid dienone is 2. The van der Waals surface area contributed by atoms with Crippen molar-refractivity contribution in [3.05, 3.63) is 114 Å². The van der Waals surface area contributed by atoms with Gasteiger partial charge >= 0.3 is 0 Å². The molecule has 0 atom stereocenters. The average molecular weight is 765 g/mol. The number of hydrogen-bond donors (Lipinski definition) is 0. The largest absolute Gasteiger partial charge is 0.497 e. The third-order valence-corrected chi connectivity index (χ3v) is 8.73. The second-order valence-electron chi connectivity index (χ2n) is 12.5. The van der Waals surface area contributed by atoms with Gasteiger partial charge in [-0.3, -0.25) is 0 Å². The van der Waals surface area contributed by atoms with Gasteiger partial charge in [0.1, 0.15) is 35.4 Å². The molecule has 56 heavy (non-hydrogen) atoms. The molecule has 9 nitrogen and oxygen atoms in total. The number of benzene rings is 4. The first-order chi connectivity index (χ1) is 27.5. The van der Waals surface area contributed by atoms with E-state index in [-0.39, 0.29) is 0 Å². The van der Waals surface area contributed by atoms with Crippen molar-refractivity contribution < 1.29 is 42.6 Å². The predicted molar refractivity (Wildman–Crippen MR) is 227 cm³/mol. The van der Waals surface area contributed by atoms with Crippen molar-refractivity contribution in [3.63, 3.8) is 0 Å². The van der Waals surface area contributed by atoms with Crippen molar-refractivity contribution in [1.29, 1.82) is 0 Å². The Kier molecular flexibility index (Phi) is 18.5. The van der Waals surface area contributed by atoms with Gasteiger partial charge in [-0.25, -0.2) is 0 Å². The lowest BCUT2D eigenvalue weighted by Crippen LogP contribution is -2.10. The van der Waals surface area contributed by atoms with Crippen molar-refractivity contribution in [1.82, 2.24) is 0 Å². The molecule has 0 amide bonds. The first-order valence-corrected chi connectivity index (χ1v) is 18.8. The Morgan fingerprint density at radius 2 is 1.11 bits per heavy atom. The van der Waals surface area contributed by atoms with E-state index in [0.717, 1.165) is 70.6 Å². The van der Waals surface area contributed by atoms with Crippen LogP contribution < -0.4 is 33.2 Å². The van der Waals surface area contributed by atoms with Crippen molar-refractivity contribution in [3.8, 4) is 51.4 Å². The van der Waals surface area contributed by atoms with E-state index in [9.17, 15) is 0 Å². The molecule has 4 aromatic rings. The summed E-state index contributed by atoms with van der Waals surface area (Å²) in [6, 6.07) is 21.6. The van der Waals surface area contributed by atoms with Crippen molar-refractivity contribution in [2.75, 3.05) is 75.2 Å². The number of methoxy groups -OCH3 is 5. The van der Waals surface area contributed by atoms with Crippen LogP contribution in [0.4, 0.5) is 0 Å². The van der Waals surface area contributed by atoms with E-state index in [1.54, 1.807) is 35.5 Å². The van der Waals surface area contributed by atoms with Crippen LogP contribution in [-0.2, 0) is 9.47 Å². The van der Waals surface area contributed by atoms with Crippen molar-refractivity contribution in [2.24, 2.45) is 0 Å². The molecule has 0 saturated heterocycles. The molecule has 0 radical (unpaired) electrons. The summed E-state index contributed by atoms with van der Waals surface area (Å²) in [5.41, 5.74) is 5.15. The van der Waals surface area contributed by atoms with Gasteiger partial charge in [-0.2, -0.15) is 0 Å². The van der Waals surface area contributed by atoms with Gasteiger partial charge in [0.25, 0.3) is 0 Å². The van der Waals surface area contributed by atoms with Gasteiger partial charge in [0.15, 0.2) is 11.5 Å². The predicted octanol–water partition coefficient (Wildman–Crippen LogP) is 10.5. The molecule has 0 unspecified atom stereocenters. The highest BCUT2D eigenvalue weighted by Gasteiger charge is 2.20. The van der Waals surface area contributed by atoms with Crippen molar-refractivity contribution in [2.45, 2.75) is 25.7 Å². The van der Waals surface area contributed by atoms with Gasteiger partial charge in [0.2, 0.25) is 0 Å². The molecule has 0 bridgehead atoms. The molecule has 0 aliphatic heterocycles. The highest BCUT2D eigenvalue weighted by molar-refractivity contribution is 5.85. The van der Waals surface area contributed by atoms with E-state index in [0.29, 0.717) is 68.4 Å². The quantitative estimate of drug-likeness (QED) is 0.0352. The van der Waals surface area contributed by atoms with Gasteiger partial charge in [-0.1, -0.05) is 54.6 Å². The lowest BCUT2D eigenvalue weighted by Gasteiger charge is -2.20. The molecule has 0 aliphatic rings. The summed E-state index contributed by atoms with van der Waals surface area (Å²) in [6.07, 6.45) is 15.0. The summed E-state index contributed by atoms with van der Waals surface area (Å²) in [5, 5.41) is 0. The standard InChI is InChI=1S/C47H56O9/c1-8-10-12-26-54-45-33-38(46(56-27-13-11-9-2)47(52-7)41(45)25-16-35-14-21-39(49-4)22-15-35)18-17-37-32-44(51-6)42(36-19-23-40(50-5)24-20-36)34-43(37)55-31-30-53-29-28-48-3/h8-9,14-25,32-34H,1-2,10-13,26-31H2,3-7H3/b18-17+,25-16+. The van der Waals surface area contributed by atoms with Crippen LogP contribution in [0.3, 0.4) is 0 Å². The topological polar surface area (TPSA) is 83.1 Å². The zero-order valence-corrected chi connectivity index (χ0v) is 33.5. The van der Waals surface area contributed by atoms with Gasteiger partial charge in [-0.15, -0.1) is 13.2 Å². The normalized spacial score (nSPS) is 11.1. The van der Waals surface area contributed by atoms with Crippen LogP contribution in [0.1, 0.15) is 47.9 Å². The highest BCUT2D eigenvalue weighted by atomic mass is 16.5. The Bertz CT molecular complexity index is 1860. The van der Waals surface area contributed by atoms with Crippen LogP contribution >= 0.6 is 0 Å². The molecule has 298 valence electrons. The van der Waals surface area contributed by atoms with E-state index in [1.807, 2.05) is 103 Å². The molecule has 4 aromatic carbocycles. The van der Waals surface area contributed by atoms with Crippen molar-refractivity contribution >= 4 is 24.3 Å². The lowest BCUT2D eigenvalue weighted by atomic mass is 10.00. The van der Waals surface area contributed by atoms with E-state index in [2.05, 4.69) is 13.2 Å². The zero-order valence-electron chi connectivity index (χ0n) is 33.5. The maximum absolute atomic E-state index is 6.52. The van der Waals surface area contributed by atoms with Gasteiger partial charge in [0, 0.05) is 23.8 Å². The molecule has 0 saturated carbocycles. The van der Waals surface area contributed by atoms with Gasteiger partial charge < -0.3 is 42.6 Å². The van der Waals surface area contributed by atoms with E-state index in [4.69, 9.17) is 42.6 Å². The summed E-state index contributed by atoms with van der Waals surface area (Å²) in [7, 11) is 8.26. The minimum absolute atomic E-state index is 0.336. The third kappa shape index (κ3) is 12.7. The van der Waals surface area contributed by atoms with Crippen LogP contribution in [0.5, 0.6) is 40.2 Å². The Labute approximate surface area is 332 Å². The first-order valence-electron chi connectivity index (χ1n) is 18.8. The first kappa shape index (κ1) is 43.1. The SMILES string of the molecule is C=CCCCOc1cc(/C=C/c2cc(OC)c(-c3ccc(OC)cc3)cc2OCCOCCOC)c(OCCCC=C)c(OC)c1/C=C/c1ccc(OC)cc1. The molecule has 4 rings (SSSR count). The molecule has 9 heteroatoms. The van der Waals surface area contributed by atoms with E-state index < -0.39 is 0 Å². The fourth-order valence-electron chi connectivity index (χ4n) is 5.74. The van der Waals surface area contributed by atoms with Gasteiger partial charge in [-0.05, 0) is 85.4 Å².